The van der Waals surface area contributed by atoms with Crippen molar-refractivity contribution in [3.05, 3.63) is 71.6 Å². The van der Waals surface area contributed by atoms with Gasteiger partial charge in [0.2, 0.25) is 0 Å². The van der Waals surface area contributed by atoms with Crippen LogP contribution >= 0.6 is 11.3 Å². The van der Waals surface area contributed by atoms with Crippen molar-refractivity contribution in [3.8, 4) is 11.1 Å². The zero-order valence-corrected chi connectivity index (χ0v) is 15.9. The Kier molecular flexibility index (Phi) is 5.12. The topological polar surface area (TPSA) is 37.8 Å². The molecule has 136 valence electrons. The second-order valence-electron chi connectivity index (χ2n) is 6.48. The predicted molar refractivity (Wildman–Crippen MR) is 111 cm³/mol. The lowest BCUT2D eigenvalue weighted by Gasteiger charge is -2.09. The second-order valence-corrected chi connectivity index (χ2v) is 7.34. The molecule has 0 amide bonds. The fourth-order valence-corrected chi connectivity index (χ4v) is 4.00. The van der Waals surface area contributed by atoms with Crippen LogP contribution in [0.3, 0.4) is 0 Å². The van der Waals surface area contributed by atoms with Gasteiger partial charge >= 0.3 is 0 Å². The molecule has 0 radical (unpaired) electrons. The maximum atomic E-state index is 13.3. The number of hydrogen-bond donors (Lipinski definition) is 1. The van der Waals surface area contributed by atoms with Gasteiger partial charge in [0.25, 0.3) is 0 Å². The second kappa shape index (κ2) is 7.84. The van der Waals surface area contributed by atoms with E-state index in [1.807, 2.05) is 5.38 Å². The first-order valence-corrected chi connectivity index (χ1v) is 9.96. The number of rotatable bonds is 6. The average Bonchev–Trinajstić information content (AvgIpc) is 3.13. The summed E-state index contributed by atoms with van der Waals surface area (Å²) < 4.78 is 13.3. The number of benzene rings is 2. The largest absolute Gasteiger partial charge is 0.340 e. The molecule has 3 nitrogen and oxygen atoms in total. The normalized spacial score (nSPS) is 11.0. The monoisotopic (exact) mass is 377 g/mol. The van der Waals surface area contributed by atoms with Crippen molar-refractivity contribution >= 4 is 33.1 Å². The first kappa shape index (κ1) is 17.6. The predicted octanol–water partition coefficient (Wildman–Crippen LogP) is 6.58. The van der Waals surface area contributed by atoms with Gasteiger partial charge in [0.05, 0.1) is 5.39 Å². The number of thiophene rings is 1. The van der Waals surface area contributed by atoms with Crippen LogP contribution in [0.25, 0.3) is 21.3 Å². The van der Waals surface area contributed by atoms with Crippen LogP contribution in [0.15, 0.2) is 60.2 Å². The number of aromatic nitrogens is 2. The quantitative estimate of drug-likeness (QED) is 0.412. The molecular formula is C22H20FN3S. The van der Waals surface area contributed by atoms with Crippen LogP contribution < -0.4 is 5.32 Å². The summed E-state index contributed by atoms with van der Waals surface area (Å²) >= 11 is 1.56. The molecule has 0 aliphatic heterocycles. The third-order valence-electron chi connectivity index (χ3n) is 4.56. The highest BCUT2D eigenvalue weighted by Crippen LogP contribution is 2.37. The van der Waals surface area contributed by atoms with Gasteiger partial charge in [-0.1, -0.05) is 37.6 Å². The van der Waals surface area contributed by atoms with E-state index in [1.165, 1.54) is 30.5 Å². The molecular weight excluding hydrogens is 357 g/mol. The highest BCUT2D eigenvalue weighted by molar-refractivity contribution is 7.17. The molecule has 27 heavy (non-hydrogen) atoms. The number of hydrogen-bond acceptors (Lipinski definition) is 4. The molecule has 0 atom stereocenters. The third-order valence-corrected chi connectivity index (χ3v) is 5.45. The maximum Gasteiger partial charge on any atom is 0.143 e. The Morgan fingerprint density at radius 1 is 1.00 bits per heavy atom. The minimum absolute atomic E-state index is 0.240. The molecule has 0 fully saturated rings. The molecule has 4 rings (SSSR count). The Morgan fingerprint density at radius 2 is 1.78 bits per heavy atom. The fourth-order valence-electron chi connectivity index (χ4n) is 3.08. The molecule has 0 saturated heterocycles. The lowest BCUT2D eigenvalue weighted by atomic mass is 10.1. The average molecular weight is 377 g/mol. The molecule has 0 unspecified atom stereocenters. The lowest BCUT2D eigenvalue weighted by Crippen LogP contribution is -1.96. The van der Waals surface area contributed by atoms with Gasteiger partial charge in [-0.3, -0.25) is 0 Å². The first-order chi connectivity index (χ1) is 13.2. The number of nitrogens with one attached hydrogen (secondary N) is 1. The van der Waals surface area contributed by atoms with E-state index in [4.69, 9.17) is 0 Å². The molecule has 2 aromatic heterocycles. The van der Waals surface area contributed by atoms with Gasteiger partial charge in [0.1, 0.15) is 22.8 Å². The number of anilines is 2. The van der Waals surface area contributed by atoms with Gasteiger partial charge in [0, 0.05) is 16.6 Å². The van der Waals surface area contributed by atoms with E-state index in [9.17, 15) is 4.39 Å². The van der Waals surface area contributed by atoms with Crippen molar-refractivity contribution in [1.82, 2.24) is 9.97 Å². The van der Waals surface area contributed by atoms with Gasteiger partial charge in [-0.25, -0.2) is 14.4 Å². The molecule has 0 aliphatic carbocycles. The SMILES string of the molecule is CCCCc1ccc(Nc2ncnc3scc(-c4ccc(F)cc4)c23)cc1. The van der Waals surface area contributed by atoms with Crippen LogP contribution in [-0.2, 0) is 6.42 Å². The zero-order valence-electron chi connectivity index (χ0n) is 15.1. The smallest absolute Gasteiger partial charge is 0.143 e. The molecule has 0 spiro atoms. The summed E-state index contributed by atoms with van der Waals surface area (Å²) in [6.07, 6.45) is 5.08. The van der Waals surface area contributed by atoms with Crippen LogP contribution in [0.1, 0.15) is 25.3 Å². The van der Waals surface area contributed by atoms with Gasteiger partial charge in [0.15, 0.2) is 0 Å². The van der Waals surface area contributed by atoms with Gasteiger partial charge < -0.3 is 5.32 Å². The third kappa shape index (κ3) is 3.83. The Labute approximate surface area is 161 Å². The van der Waals surface area contributed by atoms with E-state index in [0.717, 1.165) is 39.3 Å². The molecule has 0 aliphatic rings. The fraction of sp³-hybridized carbons (Fsp3) is 0.182. The number of nitrogens with zero attached hydrogens (tertiary/aromatic N) is 2. The van der Waals surface area contributed by atoms with E-state index in [0.29, 0.717) is 0 Å². The van der Waals surface area contributed by atoms with Crippen LogP contribution in [0, 0.1) is 5.82 Å². The molecule has 2 heterocycles. The number of aryl methyl sites for hydroxylation is 1. The summed E-state index contributed by atoms with van der Waals surface area (Å²) in [6, 6.07) is 15.0. The Morgan fingerprint density at radius 3 is 2.52 bits per heavy atom. The van der Waals surface area contributed by atoms with Crippen LogP contribution in [0.2, 0.25) is 0 Å². The number of halogens is 1. The van der Waals surface area contributed by atoms with E-state index in [-0.39, 0.29) is 5.82 Å². The van der Waals surface area contributed by atoms with Crippen molar-refractivity contribution in [2.24, 2.45) is 0 Å². The summed E-state index contributed by atoms with van der Waals surface area (Å²) in [5.74, 6) is 0.526. The minimum atomic E-state index is -0.240. The van der Waals surface area contributed by atoms with Crippen molar-refractivity contribution in [3.63, 3.8) is 0 Å². The number of unbranched alkanes of at least 4 members (excludes halogenated alkanes) is 1. The van der Waals surface area contributed by atoms with Crippen molar-refractivity contribution < 1.29 is 4.39 Å². The molecule has 1 N–H and O–H groups in total. The van der Waals surface area contributed by atoms with Gasteiger partial charge in [-0.15, -0.1) is 11.3 Å². The summed E-state index contributed by atoms with van der Waals surface area (Å²) in [7, 11) is 0. The summed E-state index contributed by atoms with van der Waals surface area (Å²) in [4.78, 5) is 9.76. The van der Waals surface area contributed by atoms with Crippen molar-refractivity contribution in [2.45, 2.75) is 26.2 Å². The Bertz CT molecular complexity index is 1040. The Balaban J connectivity index is 1.67. The molecule has 0 saturated carbocycles. The first-order valence-electron chi connectivity index (χ1n) is 9.08. The summed E-state index contributed by atoms with van der Waals surface area (Å²) in [5, 5.41) is 6.43. The van der Waals surface area contributed by atoms with Crippen molar-refractivity contribution in [2.75, 3.05) is 5.32 Å². The van der Waals surface area contributed by atoms with Crippen LogP contribution in [0.4, 0.5) is 15.9 Å². The zero-order chi connectivity index (χ0) is 18.6. The van der Waals surface area contributed by atoms with E-state index >= 15 is 0 Å². The highest BCUT2D eigenvalue weighted by Gasteiger charge is 2.13. The molecule has 0 bridgehead atoms. The maximum absolute atomic E-state index is 13.3. The molecule has 2 aromatic carbocycles. The summed E-state index contributed by atoms with van der Waals surface area (Å²) in [6.45, 7) is 2.20. The Hall–Kier alpha value is -2.79. The molecule has 4 aromatic rings. The van der Waals surface area contributed by atoms with Gasteiger partial charge in [-0.2, -0.15) is 0 Å². The van der Waals surface area contributed by atoms with Crippen molar-refractivity contribution in [1.29, 1.82) is 0 Å². The van der Waals surface area contributed by atoms with Crippen LogP contribution in [-0.4, -0.2) is 9.97 Å². The lowest BCUT2D eigenvalue weighted by molar-refractivity contribution is 0.628. The standard InChI is InChI=1S/C22H20FN3S/c1-2-3-4-15-5-11-18(12-6-15)26-21-20-19(13-27-22(20)25-14-24-21)16-7-9-17(23)10-8-16/h5-14H,2-4H2,1H3,(H,24,25,26). The minimum Gasteiger partial charge on any atom is -0.340 e. The summed E-state index contributed by atoms with van der Waals surface area (Å²) in [5.41, 5.74) is 4.30. The van der Waals surface area contributed by atoms with Gasteiger partial charge in [-0.05, 0) is 48.2 Å². The van der Waals surface area contributed by atoms with E-state index in [1.54, 1.807) is 29.8 Å². The highest BCUT2D eigenvalue weighted by atomic mass is 32.1. The molecule has 5 heteroatoms. The van der Waals surface area contributed by atoms with E-state index < -0.39 is 0 Å². The van der Waals surface area contributed by atoms with E-state index in [2.05, 4.69) is 46.5 Å². The van der Waals surface area contributed by atoms with Crippen LogP contribution in [0.5, 0.6) is 0 Å². The number of fused-ring (bicyclic) bond motifs is 1.